The number of hydrogen-bond donors (Lipinski definition) is 1. The van der Waals surface area contributed by atoms with E-state index in [0.29, 0.717) is 12.1 Å². The largest absolute Gasteiger partial charge is 0.330 e. The zero-order valence-corrected chi connectivity index (χ0v) is 12.1. The molecule has 19 heavy (non-hydrogen) atoms. The van der Waals surface area contributed by atoms with Gasteiger partial charge >= 0.3 is 0 Å². The SMILES string of the molecule is CCCC1CCC(n2cncc2C2CCCN2)CC1. The highest BCUT2D eigenvalue weighted by molar-refractivity contribution is 5.09. The first kappa shape index (κ1) is 13.2. The number of hydrogen-bond acceptors (Lipinski definition) is 2. The van der Waals surface area contributed by atoms with Gasteiger partial charge in [-0.05, 0) is 51.0 Å². The second-order valence-corrected chi connectivity index (χ2v) is 6.34. The quantitative estimate of drug-likeness (QED) is 0.892. The molecule has 0 bridgehead atoms. The molecule has 0 radical (unpaired) electrons. The van der Waals surface area contributed by atoms with Crippen LogP contribution in [0.25, 0.3) is 0 Å². The van der Waals surface area contributed by atoms with Crippen molar-refractivity contribution in [2.24, 2.45) is 5.92 Å². The predicted octanol–water partition coefficient (Wildman–Crippen LogP) is 3.84. The van der Waals surface area contributed by atoms with Crippen LogP contribution >= 0.6 is 0 Å². The van der Waals surface area contributed by atoms with E-state index in [0.717, 1.165) is 5.92 Å². The van der Waals surface area contributed by atoms with Crippen molar-refractivity contribution in [2.45, 2.75) is 70.4 Å². The van der Waals surface area contributed by atoms with Gasteiger partial charge in [-0.1, -0.05) is 19.8 Å². The zero-order chi connectivity index (χ0) is 13.1. The van der Waals surface area contributed by atoms with E-state index in [1.807, 2.05) is 0 Å². The maximum absolute atomic E-state index is 4.42. The molecule has 1 atom stereocenters. The van der Waals surface area contributed by atoms with Gasteiger partial charge in [0.2, 0.25) is 0 Å². The first-order valence-corrected chi connectivity index (χ1v) is 8.13. The molecule has 3 heteroatoms. The Labute approximate surface area is 116 Å². The van der Waals surface area contributed by atoms with Crippen LogP contribution < -0.4 is 5.32 Å². The fourth-order valence-corrected chi connectivity index (χ4v) is 3.95. The third-order valence-electron chi connectivity index (χ3n) is 5.02. The topological polar surface area (TPSA) is 29.9 Å². The van der Waals surface area contributed by atoms with Gasteiger partial charge in [0.15, 0.2) is 0 Å². The molecule has 0 aromatic carbocycles. The summed E-state index contributed by atoms with van der Waals surface area (Å²) in [6.07, 6.45) is 15.0. The Kier molecular flexibility index (Phi) is 4.21. The fourth-order valence-electron chi connectivity index (χ4n) is 3.95. The molecule has 3 nitrogen and oxygen atoms in total. The van der Waals surface area contributed by atoms with Crippen LogP contribution in [0.5, 0.6) is 0 Å². The van der Waals surface area contributed by atoms with E-state index < -0.39 is 0 Å². The van der Waals surface area contributed by atoms with E-state index >= 15 is 0 Å². The molecule has 2 heterocycles. The summed E-state index contributed by atoms with van der Waals surface area (Å²) in [5.41, 5.74) is 1.43. The predicted molar refractivity (Wildman–Crippen MR) is 78.1 cm³/mol. The summed E-state index contributed by atoms with van der Waals surface area (Å²) in [5.74, 6) is 0.984. The van der Waals surface area contributed by atoms with E-state index in [-0.39, 0.29) is 0 Å². The molecule has 1 aliphatic heterocycles. The molecule has 0 amide bonds. The first-order chi connectivity index (χ1) is 9.38. The third kappa shape index (κ3) is 2.86. The molecule has 1 saturated carbocycles. The van der Waals surface area contributed by atoms with Gasteiger partial charge in [0.05, 0.1) is 12.0 Å². The van der Waals surface area contributed by atoms with Gasteiger partial charge in [-0.2, -0.15) is 0 Å². The molecule has 2 fully saturated rings. The number of nitrogens with zero attached hydrogens (tertiary/aromatic N) is 2. The standard InChI is InChI=1S/C16H27N3/c1-2-4-13-6-8-14(9-7-13)19-12-17-11-16(19)15-5-3-10-18-15/h11-15,18H,2-10H2,1H3. The van der Waals surface area contributed by atoms with Crippen LogP contribution in [-0.4, -0.2) is 16.1 Å². The first-order valence-electron chi connectivity index (χ1n) is 8.13. The molecule has 0 spiro atoms. The van der Waals surface area contributed by atoms with Crippen LogP contribution in [0.4, 0.5) is 0 Å². The summed E-state index contributed by atoms with van der Waals surface area (Å²) in [4.78, 5) is 4.42. The van der Waals surface area contributed by atoms with Crippen LogP contribution in [0.3, 0.4) is 0 Å². The molecule has 1 N–H and O–H groups in total. The van der Waals surface area contributed by atoms with Crippen molar-refractivity contribution in [1.29, 1.82) is 0 Å². The van der Waals surface area contributed by atoms with Gasteiger partial charge in [-0.25, -0.2) is 4.98 Å². The summed E-state index contributed by atoms with van der Waals surface area (Å²) in [7, 11) is 0. The Hall–Kier alpha value is -0.830. The minimum atomic E-state index is 0.552. The van der Waals surface area contributed by atoms with Crippen LogP contribution in [-0.2, 0) is 0 Å². The van der Waals surface area contributed by atoms with Gasteiger partial charge in [0.1, 0.15) is 0 Å². The Morgan fingerprint density at radius 1 is 1.26 bits per heavy atom. The van der Waals surface area contributed by atoms with Gasteiger partial charge in [-0.3, -0.25) is 0 Å². The van der Waals surface area contributed by atoms with Crippen LogP contribution in [0.15, 0.2) is 12.5 Å². The van der Waals surface area contributed by atoms with E-state index in [4.69, 9.17) is 0 Å². The lowest BCUT2D eigenvalue weighted by atomic mass is 9.83. The second-order valence-electron chi connectivity index (χ2n) is 6.34. The Bertz CT molecular complexity index is 384. The molecule has 1 aromatic heterocycles. The highest BCUT2D eigenvalue weighted by atomic mass is 15.1. The van der Waals surface area contributed by atoms with Crippen molar-refractivity contribution >= 4 is 0 Å². The van der Waals surface area contributed by atoms with Crippen LogP contribution in [0.2, 0.25) is 0 Å². The van der Waals surface area contributed by atoms with Gasteiger partial charge in [0, 0.05) is 18.3 Å². The number of nitrogens with one attached hydrogen (secondary N) is 1. The lowest BCUT2D eigenvalue weighted by Crippen LogP contribution is -2.22. The molecule has 1 saturated heterocycles. The number of aromatic nitrogens is 2. The second kappa shape index (κ2) is 6.08. The summed E-state index contributed by atoms with van der Waals surface area (Å²) in [6, 6.07) is 1.25. The molecular formula is C16H27N3. The lowest BCUT2D eigenvalue weighted by Gasteiger charge is -2.31. The molecule has 106 valence electrons. The van der Waals surface area contributed by atoms with Crippen LogP contribution in [0.1, 0.15) is 76.1 Å². The molecule has 3 rings (SSSR count). The number of imidazole rings is 1. The summed E-state index contributed by atoms with van der Waals surface area (Å²) in [5, 5.41) is 3.61. The summed E-state index contributed by atoms with van der Waals surface area (Å²) in [6.45, 7) is 3.48. The smallest absolute Gasteiger partial charge is 0.0951 e. The van der Waals surface area contributed by atoms with Crippen molar-refractivity contribution in [3.63, 3.8) is 0 Å². The van der Waals surface area contributed by atoms with E-state index in [1.165, 1.54) is 63.6 Å². The summed E-state index contributed by atoms with van der Waals surface area (Å²) >= 11 is 0. The van der Waals surface area contributed by atoms with Crippen molar-refractivity contribution in [1.82, 2.24) is 14.9 Å². The van der Waals surface area contributed by atoms with Crippen molar-refractivity contribution in [3.8, 4) is 0 Å². The minimum Gasteiger partial charge on any atom is -0.330 e. The van der Waals surface area contributed by atoms with Crippen molar-refractivity contribution < 1.29 is 0 Å². The van der Waals surface area contributed by atoms with Gasteiger partial charge < -0.3 is 9.88 Å². The molecule has 2 aliphatic rings. The van der Waals surface area contributed by atoms with Crippen LogP contribution in [0, 0.1) is 5.92 Å². The van der Waals surface area contributed by atoms with Gasteiger partial charge in [-0.15, -0.1) is 0 Å². The lowest BCUT2D eigenvalue weighted by molar-refractivity contribution is 0.257. The zero-order valence-electron chi connectivity index (χ0n) is 12.1. The fraction of sp³-hybridized carbons (Fsp3) is 0.812. The number of rotatable bonds is 4. The molecule has 1 aliphatic carbocycles. The molecular weight excluding hydrogens is 234 g/mol. The Morgan fingerprint density at radius 3 is 2.79 bits per heavy atom. The summed E-state index contributed by atoms with van der Waals surface area (Å²) < 4.78 is 2.48. The van der Waals surface area contributed by atoms with Crippen molar-refractivity contribution in [2.75, 3.05) is 6.54 Å². The highest BCUT2D eigenvalue weighted by Gasteiger charge is 2.26. The maximum atomic E-state index is 4.42. The third-order valence-corrected chi connectivity index (χ3v) is 5.02. The van der Waals surface area contributed by atoms with E-state index in [1.54, 1.807) is 0 Å². The minimum absolute atomic E-state index is 0.552. The van der Waals surface area contributed by atoms with Crippen molar-refractivity contribution in [3.05, 3.63) is 18.2 Å². The highest BCUT2D eigenvalue weighted by Crippen LogP contribution is 2.36. The average Bonchev–Trinajstić information content (AvgIpc) is 3.11. The monoisotopic (exact) mass is 261 g/mol. The average molecular weight is 261 g/mol. The molecule has 1 aromatic rings. The maximum Gasteiger partial charge on any atom is 0.0951 e. The molecule has 1 unspecified atom stereocenters. The van der Waals surface area contributed by atoms with E-state index in [9.17, 15) is 0 Å². The Balaban J connectivity index is 1.65. The Morgan fingerprint density at radius 2 is 2.11 bits per heavy atom. The van der Waals surface area contributed by atoms with E-state index in [2.05, 4.69) is 34.3 Å². The normalized spacial score (nSPS) is 31.7. The van der Waals surface area contributed by atoms with Gasteiger partial charge in [0.25, 0.3) is 0 Å².